The molecule has 1 aromatic rings. The normalized spacial score (nSPS) is 12.6. The molecule has 76 valence electrons. The van der Waals surface area contributed by atoms with E-state index in [4.69, 9.17) is 5.84 Å². The lowest BCUT2D eigenvalue weighted by Crippen LogP contribution is -2.29. The van der Waals surface area contributed by atoms with E-state index < -0.39 is 0 Å². The predicted molar refractivity (Wildman–Crippen MR) is 59.0 cm³/mol. The van der Waals surface area contributed by atoms with E-state index in [-0.39, 0.29) is 5.91 Å². The van der Waals surface area contributed by atoms with E-state index in [1.54, 1.807) is 36.7 Å². The van der Waals surface area contributed by atoms with Crippen LogP contribution in [0.5, 0.6) is 0 Å². The topological polar surface area (TPSA) is 79.5 Å². The Balaban J connectivity index is 2.42. The van der Waals surface area contributed by atoms with Gasteiger partial charge in [0, 0.05) is 18.0 Å². The van der Waals surface area contributed by atoms with Crippen molar-refractivity contribution in [1.82, 2.24) is 5.43 Å². The largest absolute Gasteiger partial charge is 0.360 e. The van der Waals surface area contributed by atoms with Gasteiger partial charge in [-0.05, 0) is 24.3 Å². The fourth-order valence-electron chi connectivity index (χ4n) is 1.29. The van der Waals surface area contributed by atoms with E-state index in [0.717, 1.165) is 11.4 Å². The minimum Gasteiger partial charge on any atom is -0.360 e. The zero-order chi connectivity index (χ0) is 10.7. The van der Waals surface area contributed by atoms with Gasteiger partial charge in [0.05, 0.1) is 11.4 Å². The Morgan fingerprint density at radius 1 is 1.47 bits per heavy atom. The third-order valence-corrected chi connectivity index (χ3v) is 2.02. The maximum atomic E-state index is 11.3. The zero-order valence-corrected chi connectivity index (χ0v) is 7.90. The number of nitrogens with zero attached hydrogens (tertiary/aromatic N) is 1. The van der Waals surface area contributed by atoms with Crippen molar-refractivity contribution in [2.45, 2.75) is 0 Å². The number of nitrogens with two attached hydrogens (primary N) is 1. The molecule has 0 spiro atoms. The van der Waals surface area contributed by atoms with Gasteiger partial charge in [-0.1, -0.05) is 0 Å². The van der Waals surface area contributed by atoms with E-state index in [1.807, 2.05) is 0 Å². The summed E-state index contributed by atoms with van der Waals surface area (Å²) in [5.41, 5.74) is 4.14. The highest BCUT2D eigenvalue weighted by Gasteiger charge is 2.07. The number of anilines is 1. The lowest BCUT2D eigenvalue weighted by molar-refractivity contribution is 0.0953. The molecular weight excluding hydrogens is 192 g/mol. The third kappa shape index (κ3) is 1.87. The Bertz CT molecular complexity index is 451. The van der Waals surface area contributed by atoms with Crippen molar-refractivity contribution in [2.75, 3.05) is 5.32 Å². The number of allylic oxidation sites excluding steroid dienone is 1. The van der Waals surface area contributed by atoms with Crippen LogP contribution < -0.4 is 16.6 Å². The first-order valence-corrected chi connectivity index (χ1v) is 4.42. The quantitative estimate of drug-likeness (QED) is 0.360. The standard InChI is InChI=1S/C10H10N4O/c11-14-10(15)7-2-3-8-9(6-7)13-5-1-4-12-8/h1-6,13H,11H2,(H,14,15). The Kier molecular flexibility index (Phi) is 2.47. The molecule has 0 bridgehead atoms. The minimum atomic E-state index is -0.322. The van der Waals surface area contributed by atoms with Gasteiger partial charge < -0.3 is 5.32 Å². The number of benzene rings is 1. The molecule has 0 saturated carbocycles. The van der Waals surface area contributed by atoms with Crippen molar-refractivity contribution in [1.29, 1.82) is 0 Å². The fourth-order valence-corrected chi connectivity index (χ4v) is 1.29. The molecule has 5 nitrogen and oxygen atoms in total. The number of nitrogen functional groups attached to an aromatic ring is 1. The van der Waals surface area contributed by atoms with E-state index in [0.29, 0.717) is 5.56 Å². The first kappa shape index (κ1) is 9.42. The van der Waals surface area contributed by atoms with Crippen LogP contribution in [-0.2, 0) is 0 Å². The third-order valence-electron chi connectivity index (χ3n) is 2.02. The molecule has 1 amide bonds. The number of hydrogen-bond donors (Lipinski definition) is 3. The summed E-state index contributed by atoms with van der Waals surface area (Å²) in [5.74, 6) is 4.73. The minimum absolute atomic E-state index is 0.322. The van der Waals surface area contributed by atoms with E-state index in [1.165, 1.54) is 0 Å². The zero-order valence-electron chi connectivity index (χ0n) is 7.90. The molecule has 4 N–H and O–H groups in total. The molecule has 2 rings (SSSR count). The molecular formula is C10H10N4O. The summed E-state index contributed by atoms with van der Waals surface area (Å²) >= 11 is 0. The summed E-state index contributed by atoms with van der Waals surface area (Å²) in [7, 11) is 0. The van der Waals surface area contributed by atoms with Crippen LogP contribution in [0, 0.1) is 0 Å². The molecule has 0 atom stereocenters. The van der Waals surface area contributed by atoms with Gasteiger partial charge in [-0.25, -0.2) is 5.84 Å². The Hall–Kier alpha value is -2.14. The molecule has 0 radical (unpaired) electrons. The molecule has 15 heavy (non-hydrogen) atoms. The van der Waals surface area contributed by atoms with Crippen molar-refractivity contribution in [3.63, 3.8) is 0 Å². The van der Waals surface area contributed by atoms with Crippen molar-refractivity contribution in [2.24, 2.45) is 10.8 Å². The second-order valence-electron chi connectivity index (χ2n) is 2.99. The fraction of sp³-hybridized carbons (Fsp3) is 0. The average molecular weight is 202 g/mol. The second kappa shape index (κ2) is 3.93. The Morgan fingerprint density at radius 3 is 3.13 bits per heavy atom. The summed E-state index contributed by atoms with van der Waals surface area (Å²) in [4.78, 5) is 15.4. The molecule has 5 heteroatoms. The number of rotatable bonds is 1. The van der Waals surface area contributed by atoms with Crippen molar-refractivity contribution >= 4 is 23.5 Å². The number of hydrogen-bond acceptors (Lipinski definition) is 4. The number of fused-ring (bicyclic) bond motifs is 1. The SMILES string of the molecule is NNC(=O)c1ccc2c(c1)NC=CC=N2. The van der Waals surface area contributed by atoms with Crippen LogP contribution in [0.4, 0.5) is 11.4 Å². The Labute approximate surface area is 86.7 Å². The second-order valence-corrected chi connectivity index (χ2v) is 2.99. The lowest BCUT2D eigenvalue weighted by Gasteiger charge is -2.06. The van der Waals surface area contributed by atoms with Gasteiger partial charge in [0.1, 0.15) is 0 Å². The van der Waals surface area contributed by atoms with Crippen LogP contribution >= 0.6 is 0 Å². The smallest absolute Gasteiger partial charge is 0.265 e. The van der Waals surface area contributed by atoms with Crippen LogP contribution in [0.3, 0.4) is 0 Å². The van der Waals surface area contributed by atoms with Crippen LogP contribution in [-0.4, -0.2) is 12.1 Å². The van der Waals surface area contributed by atoms with Gasteiger partial charge in [0.15, 0.2) is 0 Å². The molecule has 0 unspecified atom stereocenters. The number of carbonyl (C=O) groups excluding carboxylic acids is 1. The van der Waals surface area contributed by atoms with Gasteiger partial charge in [-0.3, -0.25) is 15.2 Å². The maximum absolute atomic E-state index is 11.3. The predicted octanol–water partition coefficient (Wildman–Crippen LogP) is 0.932. The summed E-state index contributed by atoms with van der Waals surface area (Å²) < 4.78 is 0. The van der Waals surface area contributed by atoms with E-state index in [9.17, 15) is 4.79 Å². The first-order chi connectivity index (χ1) is 7.31. The van der Waals surface area contributed by atoms with E-state index >= 15 is 0 Å². The van der Waals surface area contributed by atoms with Crippen LogP contribution in [0.25, 0.3) is 0 Å². The number of hydrazine groups is 1. The summed E-state index contributed by atoms with van der Waals surface area (Å²) in [5, 5.41) is 3.02. The highest BCUT2D eigenvalue weighted by atomic mass is 16.2. The molecule has 1 heterocycles. The van der Waals surface area contributed by atoms with Crippen molar-refractivity contribution in [3.8, 4) is 0 Å². The van der Waals surface area contributed by atoms with Gasteiger partial charge in [0.2, 0.25) is 0 Å². The molecule has 0 aliphatic carbocycles. The van der Waals surface area contributed by atoms with E-state index in [2.05, 4.69) is 15.7 Å². The highest BCUT2D eigenvalue weighted by Crippen LogP contribution is 2.26. The number of amides is 1. The molecule has 0 saturated heterocycles. The van der Waals surface area contributed by atoms with Gasteiger partial charge in [0.25, 0.3) is 5.91 Å². The first-order valence-electron chi connectivity index (χ1n) is 4.42. The van der Waals surface area contributed by atoms with Gasteiger partial charge in [-0.15, -0.1) is 0 Å². The van der Waals surface area contributed by atoms with Crippen LogP contribution in [0.15, 0.2) is 35.5 Å². The Morgan fingerprint density at radius 2 is 2.33 bits per heavy atom. The molecule has 0 fully saturated rings. The average Bonchev–Trinajstić information content (AvgIpc) is 2.51. The summed E-state index contributed by atoms with van der Waals surface area (Å²) in [6, 6.07) is 5.13. The lowest BCUT2D eigenvalue weighted by atomic mass is 10.1. The molecule has 1 aromatic carbocycles. The summed E-state index contributed by atoms with van der Waals surface area (Å²) in [6.07, 6.45) is 5.21. The molecule has 1 aliphatic heterocycles. The highest BCUT2D eigenvalue weighted by molar-refractivity contribution is 5.96. The number of nitrogens with one attached hydrogen (secondary N) is 2. The summed E-state index contributed by atoms with van der Waals surface area (Å²) in [6.45, 7) is 0. The van der Waals surface area contributed by atoms with Crippen LogP contribution in [0.1, 0.15) is 10.4 Å². The monoisotopic (exact) mass is 202 g/mol. The van der Waals surface area contributed by atoms with Gasteiger partial charge in [-0.2, -0.15) is 0 Å². The van der Waals surface area contributed by atoms with Crippen molar-refractivity contribution in [3.05, 3.63) is 36.0 Å². The maximum Gasteiger partial charge on any atom is 0.265 e. The number of aliphatic imine (C=N–C) groups is 1. The molecule has 0 aromatic heterocycles. The van der Waals surface area contributed by atoms with Crippen molar-refractivity contribution < 1.29 is 4.79 Å². The molecule has 1 aliphatic rings. The van der Waals surface area contributed by atoms with Gasteiger partial charge >= 0.3 is 0 Å². The number of carbonyl (C=O) groups is 1. The van der Waals surface area contributed by atoms with Crippen LogP contribution in [0.2, 0.25) is 0 Å².